The number of aliphatic hydroxyl groups is 3. The largest absolute Gasteiger partial charge is 0.468 e. The minimum absolute atomic E-state index is 0.0663. The van der Waals surface area contributed by atoms with Crippen molar-refractivity contribution >= 4 is 21.7 Å². The van der Waals surface area contributed by atoms with Gasteiger partial charge in [-0.2, -0.15) is 4.98 Å². The Labute approximate surface area is 128 Å². The predicted molar refractivity (Wildman–Crippen MR) is 75.1 cm³/mol. The first-order valence-electron chi connectivity index (χ1n) is 6.09. The molecule has 1 aromatic rings. The molecule has 2 heterocycles. The standard InChI is InChI=1S/C11H16BrN3O6/c1-15-10(19)5(12)8(14-11(15)20-2)13-9-7(18)6(17)4(16)3-21-9/h4,6-7,9,13,16-18H,3H2,1-2H3/t4-,6-,7-,9+/m1/s1. The summed E-state index contributed by atoms with van der Waals surface area (Å²) in [5.74, 6) is 0.0996. The quantitative estimate of drug-likeness (QED) is 0.504. The highest BCUT2D eigenvalue weighted by molar-refractivity contribution is 9.10. The van der Waals surface area contributed by atoms with E-state index in [4.69, 9.17) is 9.47 Å². The molecule has 0 bridgehead atoms. The van der Waals surface area contributed by atoms with Crippen molar-refractivity contribution in [3.8, 4) is 6.01 Å². The van der Waals surface area contributed by atoms with Gasteiger partial charge < -0.3 is 30.1 Å². The molecule has 0 aliphatic carbocycles. The highest BCUT2D eigenvalue weighted by Crippen LogP contribution is 2.23. The molecular formula is C11H16BrN3O6. The van der Waals surface area contributed by atoms with Gasteiger partial charge in [0.05, 0.1) is 13.7 Å². The van der Waals surface area contributed by atoms with Crippen molar-refractivity contribution in [2.24, 2.45) is 7.05 Å². The van der Waals surface area contributed by atoms with Gasteiger partial charge in [-0.3, -0.25) is 9.36 Å². The fourth-order valence-electron chi connectivity index (χ4n) is 1.90. The van der Waals surface area contributed by atoms with E-state index in [1.807, 2.05) is 0 Å². The fourth-order valence-corrected chi connectivity index (χ4v) is 2.37. The predicted octanol–water partition coefficient (Wildman–Crippen LogP) is -1.60. The summed E-state index contributed by atoms with van der Waals surface area (Å²) < 4.78 is 11.5. The first kappa shape index (κ1) is 16.2. The van der Waals surface area contributed by atoms with Gasteiger partial charge >= 0.3 is 6.01 Å². The van der Waals surface area contributed by atoms with Crippen molar-refractivity contribution in [3.63, 3.8) is 0 Å². The Balaban J connectivity index is 2.28. The Hall–Kier alpha value is -1.20. The molecule has 0 unspecified atom stereocenters. The number of aromatic nitrogens is 2. The van der Waals surface area contributed by atoms with Crippen LogP contribution in [0.4, 0.5) is 5.82 Å². The minimum Gasteiger partial charge on any atom is -0.468 e. The third-order valence-electron chi connectivity index (χ3n) is 3.16. The van der Waals surface area contributed by atoms with Gasteiger partial charge in [-0.1, -0.05) is 0 Å². The molecule has 0 spiro atoms. The molecule has 1 saturated heterocycles. The maximum atomic E-state index is 12.0. The number of methoxy groups -OCH3 is 1. The van der Waals surface area contributed by atoms with Crippen LogP contribution in [-0.2, 0) is 11.8 Å². The van der Waals surface area contributed by atoms with Gasteiger partial charge in [-0.05, 0) is 15.9 Å². The molecule has 0 saturated carbocycles. The molecule has 1 fully saturated rings. The average molecular weight is 366 g/mol. The summed E-state index contributed by atoms with van der Waals surface area (Å²) in [5, 5.41) is 31.6. The normalized spacial score (nSPS) is 29.2. The van der Waals surface area contributed by atoms with Crippen LogP contribution in [0.25, 0.3) is 0 Å². The van der Waals surface area contributed by atoms with E-state index in [1.54, 1.807) is 0 Å². The molecular weight excluding hydrogens is 350 g/mol. The maximum absolute atomic E-state index is 12.0. The van der Waals surface area contributed by atoms with Crippen molar-refractivity contribution in [1.82, 2.24) is 9.55 Å². The lowest BCUT2D eigenvalue weighted by Crippen LogP contribution is -2.55. The Morgan fingerprint density at radius 1 is 1.43 bits per heavy atom. The zero-order chi connectivity index (χ0) is 15.7. The second kappa shape index (κ2) is 6.28. The lowest BCUT2D eigenvalue weighted by molar-refractivity contribution is -0.178. The summed E-state index contributed by atoms with van der Waals surface area (Å²) in [4.78, 5) is 16.0. The molecule has 1 aromatic heterocycles. The van der Waals surface area contributed by atoms with Gasteiger partial charge in [-0.15, -0.1) is 0 Å². The van der Waals surface area contributed by atoms with Crippen LogP contribution < -0.4 is 15.6 Å². The Kier molecular flexibility index (Phi) is 4.84. The highest BCUT2D eigenvalue weighted by Gasteiger charge is 2.38. The van der Waals surface area contributed by atoms with Gasteiger partial charge in [0.2, 0.25) is 0 Å². The molecule has 0 radical (unpaired) electrons. The second-order valence-electron chi connectivity index (χ2n) is 4.57. The van der Waals surface area contributed by atoms with Crippen LogP contribution in [0.15, 0.2) is 9.27 Å². The van der Waals surface area contributed by atoms with Crippen molar-refractivity contribution in [2.75, 3.05) is 19.0 Å². The first-order chi connectivity index (χ1) is 9.86. The molecule has 1 aliphatic rings. The van der Waals surface area contributed by atoms with E-state index in [0.29, 0.717) is 0 Å². The number of aliphatic hydroxyl groups excluding tert-OH is 3. The van der Waals surface area contributed by atoms with Crippen LogP contribution in [0.1, 0.15) is 0 Å². The molecule has 4 N–H and O–H groups in total. The summed E-state index contributed by atoms with van der Waals surface area (Å²) in [7, 11) is 2.86. The number of halogens is 1. The minimum atomic E-state index is -1.38. The second-order valence-corrected chi connectivity index (χ2v) is 5.37. The van der Waals surface area contributed by atoms with E-state index >= 15 is 0 Å². The van der Waals surface area contributed by atoms with Crippen LogP contribution >= 0.6 is 15.9 Å². The van der Waals surface area contributed by atoms with Crippen molar-refractivity contribution < 1.29 is 24.8 Å². The zero-order valence-corrected chi connectivity index (χ0v) is 12.9. The Morgan fingerprint density at radius 2 is 2.10 bits per heavy atom. The number of rotatable bonds is 3. The molecule has 4 atom stereocenters. The van der Waals surface area contributed by atoms with Crippen molar-refractivity contribution in [2.45, 2.75) is 24.5 Å². The van der Waals surface area contributed by atoms with E-state index in [9.17, 15) is 20.1 Å². The molecule has 1 aliphatic heterocycles. The molecule has 21 heavy (non-hydrogen) atoms. The molecule has 0 aromatic carbocycles. The lowest BCUT2D eigenvalue weighted by atomic mass is 10.0. The average Bonchev–Trinajstić information content (AvgIpc) is 2.48. The van der Waals surface area contributed by atoms with Crippen LogP contribution in [0.3, 0.4) is 0 Å². The molecule has 118 valence electrons. The summed E-state index contributed by atoms with van der Waals surface area (Å²) in [6.07, 6.45) is -4.93. The Morgan fingerprint density at radius 3 is 2.71 bits per heavy atom. The van der Waals surface area contributed by atoms with Gasteiger partial charge in [0.25, 0.3) is 5.56 Å². The number of anilines is 1. The van der Waals surface area contributed by atoms with Gasteiger partial charge in [-0.25, -0.2) is 0 Å². The molecule has 0 amide bonds. The number of hydrogen-bond donors (Lipinski definition) is 4. The molecule has 10 heteroatoms. The number of ether oxygens (including phenoxy) is 2. The van der Waals surface area contributed by atoms with Crippen LogP contribution in [-0.4, -0.2) is 63.1 Å². The summed E-state index contributed by atoms with van der Waals surface area (Å²) in [5.41, 5.74) is -0.393. The van der Waals surface area contributed by atoms with E-state index < -0.39 is 30.1 Å². The van der Waals surface area contributed by atoms with Gasteiger partial charge in [0.15, 0.2) is 12.0 Å². The third kappa shape index (κ3) is 3.04. The topological polar surface area (TPSA) is 126 Å². The monoisotopic (exact) mass is 365 g/mol. The Bertz CT molecular complexity index is 580. The van der Waals surface area contributed by atoms with Crippen LogP contribution in [0.5, 0.6) is 6.01 Å². The smallest absolute Gasteiger partial charge is 0.300 e. The van der Waals surface area contributed by atoms with E-state index in [-0.39, 0.29) is 22.9 Å². The number of nitrogens with one attached hydrogen (secondary N) is 1. The van der Waals surface area contributed by atoms with Crippen molar-refractivity contribution in [3.05, 3.63) is 14.8 Å². The number of hydrogen-bond acceptors (Lipinski definition) is 8. The SMILES string of the molecule is COc1nc(N[C@H]2OC[C@@H](O)[C@@H](O)[C@H]2O)c(Br)c(=O)n1C. The number of nitrogens with zero attached hydrogens (tertiary/aromatic N) is 2. The lowest BCUT2D eigenvalue weighted by Gasteiger charge is -2.35. The summed E-state index contributed by atoms with van der Waals surface area (Å²) in [6.45, 7) is -0.157. The summed E-state index contributed by atoms with van der Waals surface area (Å²) in [6, 6.07) is 0.0663. The van der Waals surface area contributed by atoms with Gasteiger partial charge in [0, 0.05) is 7.05 Å². The molecule has 2 rings (SSSR count). The zero-order valence-electron chi connectivity index (χ0n) is 11.4. The van der Waals surface area contributed by atoms with E-state index in [0.717, 1.165) is 0 Å². The molecule has 9 nitrogen and oxygen atoms in total. The van der Waals surface area contributed by atoms with E-state index in [2.05, 4.69) is 26.2 Å². The third-order valence-corrected chi connectivity index (χ3v) is 3.87. The maximum Gasteiger partial charge on any atom is 0.300 e. The van der Waals surface area contributed by atoms with Gasteiger partial charge in [0.1, 0.15) is 22.8 Å². The van der Waals surface area contributed by atoms with E-state index in [1.165, 1.54) is 18.7 Å². The van der Waals surface area contributed by atoms with Crippen molar-refractivity contribution in [1.29, 1.82) is 0 Å². The summed E-state index contributed by atoms with van der Waals surface area (Å²) >= 11 is 3.11. The van der Waals surface area contributed by atoms with Crippen LogP contribution in [0, 0.1) is 0 Å². The fraction of sp³-hybridized carbons (Fsp3) is 0.636. The first-order valence-corrected chi connectivity index (χ1v) is 6.89. The van der Waals surface area contributed by atoms with Crippen LogP contribution in [0.2, 0.25) is 0 Å². The highest BCUT2D eigenvalue weighted by atomic mass is 79.9.